The Labute approximate surface area is 106 Å². The SMILES string of the molecule is CC(C)C(=O)c1ccc2c(c1)CC(=O)N2CC#N. The summed E-state index contributed by atoms with van der Waals surface area (Å²) in [4.78, 5) is 25.1. The van der Waals surface area contributed by atoms with Gasteiger partial charge in [-0.1, -0.05) is 13.8 Å². The maximum absolute atomic E-state index is 11.9. The van der Waals surface area contributed by atoms with Crippen molar-refractivity contribution in [2.45, 2.75) is 20.3 Å². The number of Topliss-reactive ketones (excluding diaryl/α,β-unsaturated/α-hetero) is 1. The molecule has 2 rings (SSSR count). The zero-order valence-corrected chi connectivity index (χ0v) is 10.4. The second-order valence-electron chi connectivity index (χ2n) is 4.68. The first-order chi connectivity index (χ1) is 8.54. The van der Waals surface area contributed by atoms with Crippen LogP contribution < -0.4 is 4.90 Å². The van der Waals surface area contributed by atoms with Gasteiger partial charge < -0.3 is 0 Å². The third-order valence-corrected chi connectivity index (χ3v) is 3.05. The normalized spacial score (nSPS) is 13.7. The van der Waals surface area contributed by atoms with Gasteiger partial charge in [-0.3, -0.25) is 14.5 Å². The number of amides is 1. The molecule has 1 amide bonds. The van der Waals surface area contributed by atoms with Crippen LogP contribution in [-0.4, -0.2) is 18.2 Å². The zero-order valence-electron chi connectivity index (χ0n) is 10.4. The smallest absolute Gasteiger partial charge is 0.232 e. The van der Waals surface area contributed by atoms with E-state index >= 15 is 0 Å². The predicted molar refractivity (Wildman–Crippen MR) is 67.3 cm³/mol. The van der Waals surface area contributed by atoms with Crippen LogP contribution in [0.4, 0.5) is 5.69 Å². The molecular weight excluding hydrogens is 228 g/mol. The fraction of sp³-hybridized carbons (Fsp3) is 0.357. The molecule has 0 fully saturated rings. The molecule has 0 spiro atoms. The molecule has 1 aromatic carbocycles. The molecule has 1 heterocycles. The molecular formula is C14H14N2O2. The fourth-order valence-corrected chi connectivity index (χ4v) is 2.11. The van der Waals surface area contributed by atoms with E-state index in [0.29, 0.717) is 5.56 Å². The lowest BCUT2D eigenvalue weighted by atomic mass is 9.98. The number of hydrogen-bond donors (Lipinski definition) is 0. The van der Waals surface area contributed by atoms with E-state index < -0.39 is 0 Å². The Balaban J connectivity index is 2.37. The Kier molecular flexibility index (Phi) is 3.15. The summed E-state index contributed by atoms with van der Waals surface area (Å²) in [5, 5.41) is 8.69. The van der Waals surface area contributed by atoms with Crippen molar-refractivity contribution in [3.05, 3.63) is 29.3 Å². The summed E-state index contributed by atoms with van der Waals surface area (Å²) < 4.78 is 0. The Hall–Kier alpha value is -2.15. The molecule has 18 heavy (non-hydrogen) atoms. The molecule has 0 aliphatic carbocycles. The number of benzene rings is 1. The number of rotatable bonds is 3. The molecule has 0 saturated heterocycles. The molecule has 0 atom stereocenters. The summed E-state index contributed by atoms with van der Waals surface area (Å²) in [5.74, 6) is -0.0694. The number of hydrogen-bond acceptors (Lipinski definition) is 3. The van der Waals surface area contributed by atoms with Gasteiger partial charge in [0.2, 0.25) is 5.91 Å². The zero-order chi connectivity index (χ0) is 13.3. The van der Waals surface area contributed by atoms with Crippen molar-refractivity contribution >= 4 is 17.4 Å². The molecule has 1 aromatic rings. The quantitative estimate of drug-likeness (QED) is 0.601. The first-order valence-electron chi connectivity index (χ1n) is 5.89. The molecule has 92 valence electrons. The minimum atomic E-state index is -0.0827. The number of nitriles is 1. The monoisotopic (exact) mass is 242 g/mol. The van der Waals surface area contributed by atoms with Crippen LogP contribution in [0.3, 0.4) is 0 Å². The van der Waals surface area contributed by atoms with Crippen LogP contribution in [0.25, 0.3) is 0 Å². The van der Waals surface area contributed by atoms with Crippen molar-refractivity contribution in [3.8, 4) is 6.07 Å². The average Bonchev–Trinajstić information content (AvgIpc) is 2.64. The second kappa shape index (κ2) is 4.61. The first-order valence-corrected chi connectivity index (χ1v) is 5.89. The van der Waals surface area contributed by atoms with Crippen LogP contribution in [0.5, 0.6) is 0 Å². The summed E-state index contributed by atoms with van der Waals surface area (Å²) in [6.45, 7) is 3.76. The Bertz CT molecular complexity index is 555. The van der Waals surface area contributed by atoms with E-state index in [1.807, 2.05) is 19.9 Å². The van der Waals surface area contributed by atoms with Gasteiger partial charge in [0.1, 0.15) is 6.54 Å². The van der Waals surface area contributed by atoms with Gasteiger partial charge in [0.05, 0.1) is 12.5 Å². The highest BCUT2D eigenvalue weighted by atomic mass is 16.2. The lowest BCUT2D eigenvalue weighted by Gasteiger charge is -2.13. The molecule has 0 radical (unpaired) electrons. The van der Waals surface area contributed by atoms with Gasteiger partial charge in [-0.2, -0.15) is 5.26 Å². The molecule has 0 aromatic heterocycles. The predicted octanol–water partition coefficient (Wildman–Crippen LogP) is 1.94. The summed E-state index contributed by atoms with van der Waals surface area (Å²) in [7, 11) is 0. The van der Waals surface area contributed by atoms with Gasteiger partial charge in [-0.15, -0.1) is 0 Å². The number of anilines is 1. The van der Waals surface area contributed by atoms with Gasteiger partial charge in [-0.25, -0.2) is 0 Å². The van der Waals surface area contributed by atoms with Crippen LogP contribution in [0.1, 0.15) is 29.8 Å². The van der Waals surface area contributed by atoms with Crippen molar-refractivity contribution in [3.63, 3.8) is 0 Å². The van der Waals surface area contributed by atoms with E-state index in [-0.39, 0.29) is 30.6 Å². The number of carbonyl (C=O) groups is 2. The molecule has 0 N–H and O–H groups in total. The molecule has 4 nitrogen and oxygen atoms in total. The summed E-state index contributed by atoms with van der Waals surface area (Å²) in [6.07, 6.45) is 0.274. The van der Waals surface area contributed by atoms with E-state index in [4.69, 9.17) is 5.26 Å². The van der Waals surface area contributed by atoms with Crippen LogP contribution in [0.15, 0.2) is 18.2 Å². The molecule has 0 unspecified atom stereocenters. The van der Waals surface area contributed by atoms with Crippen molar-refractivity contribution in [2.75, 3.05) is 11.4 Å². The van der Waals surface area contributed by atoms with Gasteiger partial charge in [0.15, 0.2) is 5.78 Å². The standard InChI is InChI=1S/C14H14N2O2/c1-9(2)14(18)10-3-4-12-11(7-10)8-13(17)16(12)6-5-15/h3-4,7,9H,6,8H2,1-2H3. The third-order valence-electron chi connectivity index (χ3n) is 3.05. The van der Waals surface area contributed by atoms with Crippen LogP contribution in [0.2, 0.25) is 0 Å². The van der Waals surface area contributed by atoms with Crippen LogP contribution in [0, 0.1) is 17.2 Å². The van der Waals surface area contributed by atoms with Gasteiger partial charge in [-0.05, 0) is 23.8 Å². The molecule has 0 saturated carbocycles. The summed E-state index contributed by atoms with van der Waals surface area (Å²) in [6, 6.07) is 7.23. The largest absolute Gasteiger partial charge is 0.298 e. The third kappa shape index (κ3) is 2.00. The number of nitrogens with zero attached hydrogens (tertiary/aromatic N) is 2. The number of carbonyl (C=O) groups excluding carboxylic acids is 2. The van der Waals surface area contributed by atoms with Crippen molar-refractivity contribution in [1.29, 1.82) is 5.26 Å². The summed E-state index contributed by atoms with van der Waals surface area (Å²) in [5.41, 5.74) is 2.22. The van der Waals surface area contributed by atoms with Crippen molar-refractivity contribution in [1.82, 2.24) is 0 Å². The molecule has 0 bridgehead atoms. The minimum absolute atomic E-state index is 0.0588. The highest BCUT2D eigenvalue weighted by molar-refractivity contribution is 6.04. The van der Waals surface area contributed by atoms with Crippen molar-refractivity contribution < 1.29 is 9.59 Å². The highest BCUT2D eigenvalue weighted by Gasteiger charge is 2.27. The average molecular weight is 242 g/mol. The Morgan fingerprint density at radius 3 is 2.83 bits per heavy atom. The minimum Gasteiger partial charge on any atom is -0.298 e. The maximum Gasteiger partial charge on any atom is 0.232 e. The van der Waals surface area contributed by atoms with E-state index in [9.17, 15) is 9.59 Å². The first kappa shape index (κ1) is 12.3. The number of fused-ring (bicyclic) bond motifs is 1. The second-order valence-corrected chi connectivity index (χ2v) is 4.68. The molecule has 1 aliphatic heterocycles. The Morgan fingerprint density at radius 1 is 1.50 bits per heavy atom. The Morgan fingerprint density at radius 2 is 2.22 bits per heavy atom. The number of ketones is 1. The van der Waals surface area contributed by atoms with Gasteiger partial charge in [0, 0.05) is 17.2 Å². The molecule has 4 heteroatoms. The highest BCUT2D eigenvalue weighted by Crippen LogP contribution is 2.30. The van der Waals surface area contributed by atoms with Gasteiger partial charge in [0.25, 0.3) is 0 Å². The van der Waals surface area contributed by atoms with E-state index in [1.54, 1.807) is 18.2 Å². The maximum atomic E-state index is 11.9. The van der Waals surface area contributed by atoms with Crippen LogP contribution in [-0.2, 0) is 11.2 Å². The van der Waals surface area contributed by atoms with Crippen molar-refractivity contribution in [2.24, 2.45) is 5.92 Å². The van der Waals surface area contributed by atoms with Gasteiger partial charge >= 0.3 is 0 Å². The fourth-order valence-electron chi connectivity index (χ4n) is 2.11. The van der Waals surface area contributed by atoms with Crippen LogP contribution >= 0.6 is 0 Å². The summed E-state index contributed by atoms with van der Waals surface area (Å²) >= 11 is 0. The van der Waals surface area contributed by atoms with E-state index in [2.05, 4.69) is 0 Å². The lowest BCUT2D eigenvalue weighted by Crippen LogP contribution is -2.26. The lowest BCUT2D eigenvalue weighted by molar-refractivity contribution is -0.117. The van der Waals surface area contributed by atoms with E-state index in [0.717, 1.165) is 11.3 Å². The molecule has 1 aliphatic rings. The van der Waals surface area contributed by atoms with E-state index in [1.165, 1.54) is 4.90 Å². The topological polar surface area (TPSA) is 61.2 Å².